The summed E-state index contributed by atoms with van der Waals surface area (Å²) in [4.78, 5) is 13.7. The number of rotatable bonds is 7. The van der Waals surface area contributed by atoms with Crippen molar-refractivity contribution < 1.29 is 19.4 Å². The van der Waals surface area contributed by atoms with E-state index in [1.54, 1.807) is 27.7 Å². The van der Waals surface area contributed by atoms with E-state index in [1.807, 2.05) is 30.3 Å². The standard InChI is InChI=1S/C18H26ClNO4/c1-14(16(21)23-13-15-9-6-5-7-10-15)20(12-8-11-19)17(22)24-18(2,3)4/h5-7,9-10,21H,8,11-13H2,1-4H3. The molecule has 1 rings (SSSR count). The van der Waals surface area contributed by atoms with Crippen LogP contribution in [0.3, 0.4) is 0 Å². The van der Waals surface area contributed by atoms with E-state index in [2.05, 4.69) is 0 Å². The molecule has 1 aromatic rings. The summed E-state index contributed by atoms with van der Waals surface area (Å²) in [6.45, 7) is 7.52. The van der Waals surface area contributed by atoms with Crippen LogP contribution in [0.4, 0.5) is 4.79 Å². The molecule has 0 radical (unpaired) electrons. The number of benzene rings is 1. The van der Waals surface area contributed by atoms with Crippen molar-refractivity contribution in [2.75, 3.05) is 12.4 Å². The van der Waals surface area contributed by atoms with Gasteiger partial charge in [0.1, 0.15) is 17.9 Å². The molecule has 0 aliphatic heterocycles. The first-order chi connectivity index (χ1) is 11.2. The van der Waals surface area contributed by atoms with Gasteiger partial charge >= 0.3 is 6.09 Å². The van der Waals surface area contributed by atoms with E-state index in [4.69, 9.17) is 21.1 Å². The minimum absolute atomic E-state index is 0.210. The number of alkyl halides is 1. The van der Waals surface area contributed by atoms with Crippen LogP contribution in [0.5, 0.6) is 0 Å². The number of nitrogens with zero attached hydrogens (tertiary/aromatic N) is 1. The van der Waals surface area contributed by atoms with E-state index in [9.17, 15) is 9.90 Å². The Morgan fingerprint density at radius 3 is 2.42 bits per heavy atom. The third-order valence-electron chi connectivity index (χ3n) is 3.06. The van der Waals surface area contributed by atoms with Gasteiger partial charge in [0.25, 0.3) is 5.95 Å². The van der Waals surface area contributed by atoms with Crippen LogP contribution in [0, 0.1) is 0 Å². The summed E-state index contributed by atoms with van der Waals surface area (Å²) in [5.74, 6) is 0.0948. The van der Waals surface area contributed by atoms with Crippen molar-refractivity contribution in [1.29, 1.82) is 0 Å². The summed E-state index contributed by atoms with van der Waals surface area (Å²) in [7, 11) is 0. The lowest BCUT2D eigenvalue weighted by Gasteiger charge is -2.27. The molecule has 5 nitrogen and oxygen atoms in total. The third kappa shape index (κ3) is 7.13. The lowest BCUT2D eigenvalue weighted by atomic mass is 10.2. The van der Waals surface area contributed by atoms with Crippen molar-refractivity contribution in [3.05, 3.63) is 47.5 Å². The van der Waals surface area contributed by atoms with Crippen molar-refractivity contribution in [2.45, 2.75) is 46.3 Å². The minimum atomic E-state index is -0.628. The molecule has 1 amide bonds. The molecule has 0 saturated carbocycles. The number of aliphatic hydroxyl groups excluding tert-OH is 1. The van der Waals surface area contributed by atoms with E-state index < -0.39 is 11.7 Å². The predicted molar refractivity (Wildman–Crippen MR) is 94.8 cm³/mol. The Bertz CT molecular complexity index is 552. The average molecular weight is 356 g/mol. The summed E-state index contributed by atoms with van der Waals surface area (Å²) in [6.07, 6.45) is 0.0318. The highest BCUT2D eigenvalue weighted by atomic mass is 35.5. The fourth-order valence-electron chi connectivity index (χ4n) is 1.88. The summed E-state index contributed by atoms with van der Waals surface area (Å²) >= 11 is 5.72. The lowest BCUT2D eigenvalue weighted by Crippen LogP contribution is -2.37. The summed E-state index contributed by atoms with van der Waals surface area (Å²) in [5, 5.41) is 10.2. The SMILES string of the molecule is CC(=C(O)OCc1ccccc1)N(CCCCl)C(=O)OC(C)(C)C. The van der Waals surface area contributed by atoms with Gasteiger partial charge in [-0.2, -0.15) is 0 Å². The Hall–Kier alpha value is -1.88. The van der Waals surface area contributed by atoms with Gasteiger partial charge < -0.3 is 14.6 Å². The van der Waals surface area contributed by atoms with E-state index in [-0.39, 0.29) is 12.6 Å². The number of hydrogen-bond donors (Lipinski definition) is 1. The highest BCUT2D eigenvalue weighted by molar-refractivity contribution is 6.17. The Morgan fingerprint density at radius 1 is 1.25 bits per heavy atom. The quantitative estimate of drug-likeness (QED) is 0.563. The number of halogens is 1. The molecule has 134 valence electrons. The van der Waals surface area contributed by atoms with E-state index in [1.165, 1.54) is 4.90 Å². The predicted octanol–water partition coefficient (Wildman–Crippen LogP) is 4.82. The van der Waals surface area contributed by atoms with Crippen molar-refractivity contribution in [2.24, 2.45) is 0 Å². The molecule has 0 fully saturated rings. The molecule has 0 heterocycles. The van der Waals surface area contributed by atoms with Crippen LogP contribution in [0.15, 0.2) is 42.0 Å². The Labute approximate surface area is 148 Å². The highest BCUT2D eigenvalue weighted by Gasteiger charge is 2.25. The maximum atomic E-state index is 12.3. The summed E-state index contributed by atoms with van der Waals surface area (Å²) in [6, 6.07) is 9.46. The number of carbonyl (C=O) groups is 1. The molecular formula is C18H26ClNO4. The van der Waals surface area contributed by atoms with Gasteiger partial charge in [-0.1, -0.05) is 30.3 Å². The minimum Gasteiger partial charge on any atom is -0.480 e. The second-order valence-electron chi connectivity index (χ2n) is 6.34. The average Bonchev–Trinajstić information content (AvgIpc) is 2.52. The Kier molecular flexibility index (Phi) is 7.92. The van der Waals surface area contributed by atoms with Gasteiger partial charge in [-0.3, -0.25) is 4.90 Å². The van der Waals surface area contributed by atoms with Crippen LogP contribution in [-0.2, 0) is 16.1 Å². The Balaban J connectivity index is 2.83. The van der Waals surface area contributed by atoms with Gasteiger partial charge in [-0.05, 0) is 39.7 Å². The smallest absolute Gasteiger partial charge is 0.414 e. The lowest BCUT2D eigenvalue weighted by molar-refractivity contribution is 0.0239. The molecule has 1 N–H and O–H groups in total. The molecule has 0 spiro atoms. The topological polar surface area (TPSA) is 59.0 Å². The monoisotopic (exact) mass is 355 g/mol. The molecule has 24 heavy (non-hydrogen) atoms. The molecule has 0 bridgehead atoms. The van der Waals surface area contributed by atoms with E-state index in [0.717, 1.165) is 5.56 Å². The van der Waals surface area contributed by atoms with Crippen LogP contribution in [-0.4, -0.2) is 34.1 Å². The van der Waals surface area contributed by atoms with Crippen molar-refractivity contribution in [3.8, 4) is 0 Å². The number of aliphatic hydroxyl groups is 1. The molecular weight excluding hydrogens is 330 g/mol. The summed E-state index contributed by atoms with van der Waals surface area (Å²) < 4.78 is 10.8. The zero-order valence-corrected chi connectivity index (χ0v) is 15.5. The molecule has 0 unspecified atom stereocenters. The maximum Gasteiger partial charge on any atom is 0.414 e. The van der Waals surface area contributed by atoms with E-state index >= 15 is 0 Å². The molecule has 0 atom stereocenters. The molecule has 6 heteroatoms. The van der Waals surface area contributed by atoms with Crippen LogP contribution >= 0.6 is 11.6 Å². The number of allylic oxidation sites excluding steroid dienone is 1. The number of ether oxygens (including phenoxy) is 2. The summed E-state index contributed by atoms with van der Waals surface area (Å²) in [5.41, 5.74) is 0.587. The Morgan fingerprint density at radius 2 is 1.88 bits per heavy atom. The van der Waals surface area contributed by atoms with Gasteiger partial charge in [0.15, 0.2) is 0 Å². The molecule has 1 aromatic carbocycles. The fourth-order valence-corrected chi connectivity index (χ4v) is 2.00. The number of carbonyl (C=O) groups excluding carboxylic acids is 1. The van der Waals surface area contributed by atoms with Gasteiger partial charge in [0.2, 0.25) is 0 Å². The molecule has 0 saturated heterocycles. The molecule has 0 aromatic heterocycles. The van der Waals surface area contributed by atoms with Crippen LogP contribution in [0.2, 0.25) is 0 Å². The van der Waals surface area contributed by atoms with Crippen molar-refractivity contribution >= 4 is 17.7 Å². The first-order valence-electron chi connectivity index (χ1n) is 7.87. The van der Waals surface area contributed by atoms with Gasteiger partial charge in [-0.15, -0.1) is 11.6 Å². The van der Waals surface area contributed by atoms with Gasteiger partial charge in [-0.25, -0.2) is 4.79 Å². The number of hydrogen-bond acceptors (Lipinski definition) is 4. The maximum absolute atomic E-state index is 12.3. The zero-order chi connectivity index (χ0) is 18.2. The van der Waals surface area contributed by atoms with Crippen molar-refractivity contribution in [1.82, 2.24) is 4.90 Å². The second kappa shape index (κ2) is 9.42. The molecule has 0 aliphatic rings. The first-order valence-corrected chi connectivity index (χ1v) is 8.41. The van der Waals surface area contributed by atoms with Crippen LogP contribution < -0.4 is 0 Å². The second-order valence-corrected chi connectivity index (χ2v) is 6.72. The normalized spacial score (nSPS) is 12.4. The highest BCUT2D eigenvalue weighted by Crippen LogP contribution is 2.17. The zero-order valence-electron chi connectivity index (χ0n) is 14.7. The fraction of sp³-hybridized carbons (Fsp3) is 0.500. The van der Waals surface area contributed by atoms with Crippen LogP contribution in [0.25, 0.3) is 0 Å². The first kappa shape index (κ1) is 20.2. The third-order valence-corrected chi connectivity index (χ3v) is 3.33. The van der Waals surface area contributed by atoms with Crippen LogP contribution in [0.1, 0.15) is 39.7 Å². The molecule has 0 aliphatic carbocycles. The van der Waals surface area contributed by atoms with Gasteiger partial charge in [0.05, 0.1) is 0 Å². The van der Waals surface area contributed by atoms with Crippen molar-refractivity contribution in [3.63, 3.8) is 0 Å². The van der Waals surface area contributed by atoms with Gasteiger partial charge in [0, 0.05) is 12.4 Å². The number of amides is 1. The van der Waals surface area contributed by atoms with E-state index in [0.29, 0.717) is 24.5 Å². The largest absolute Gasteiger partial charge is 0.480 e.